The minimum absolute atomic E-state index is 0.0472. The number of aromatic hydroxyl groups is 1. The molecule has 0 radical (unpaired) electrons. The number of unbranched alkanes of at least 4 members (excludes halogenated alkanes) is 1. The first-order valence-corrected chi connectivity index (χ1v) is 11.4. The van der Waals surface area contributed by atoms with Crippen LogP contribution in [0, 0.1) is 0 Å². The van der Waals surface area contributed by atoms with Crippen LogP contribution in [0.2, 0.25) is 0 Å². The molecule has 3 aromatic rings. The number of rotatable bonds is 9. The third kappa shape index (κ3) is 5.36. The van der Waals surface area contributed by atoms with E-state index in [1.54, 1.807) is 18.3 Å². The SMILES string of the molecule is COC(=O)[C@H](CCCC[n+]1cccc(O)c1)NC(=O)OCC1c2ccccc2-c2ccccc21. The van der Waals surface area contributed by atoms with Crippen molar-refractivity contribution in [3.63, 3.8) is 0 Å². The van der Waals surface area contributed by atoms with Crippen LogP contribution < -0.4 is 9.88 Å². The third-order valence-corrected chi connectivity index (χ3v) is 6.12. The predicted octanol–water partition coefficient (Wildman–Crippen LogP) is 3.93. The van der Waals surface area contributed by atoms with Gasteiger partial charge in [0.2, 0.25) is 6.20 Å². The fraction of sp³-hybridized carbons (Fsp3) is 0.296. The second-order valence-corrected chi connectivity index (χ2v) is 8.34. The minimum atomic E-state index is -0.783. The molecule has 0 saturated heterocycles. The van der Waals surface area contributed by atoms with E-state index in [9.17, 15) is 14.7 Å². The Hall–Kier alpha value is -3.87. The highest BCUT2D eigenvalue weighted by Gasteiger charge is 2.29. The normalized spacial score (nSPS) is 13.0. The Kier molecular flexibility index (Phi) is 7.42. The number of benzene rings is 2. The van der Waals surface area contributed by atoms with Crippen LogP contribution in [0.1, 0.15) is 36.3 Å². The minimum Gasteiger partial charge on any atom is -0.503 e. The highest BCUT2D eigenvalue weighted by atomic mass is 16.6. The number of ether oxygens (including phenoxy) is 2. The molecular weight excluding hydrogens is 432 g/mol. The van der Waals surface area contributed by atoms with E-state index < -0.39 is 18.1 Å². The van der Waals surface area contributed by atoms with E-state index in [0.717, 1.165) is 28.7 Å². The van der Waals surface area contributed by atoms with Gasteiger partial charge in [0, 0.05) is 18.4 Å². The van der Waals surface area contributed by atoms with Crippen LogP contribution in [0.25, 0.3) is 11.1 Å². The summed E-state index contributed by atoms with van der Waals surface area (Å²) in [7, 11) is 1.30. The average molecular weight is 462 g/mol. The number of hydrogen-bond acceptors (Lipinski definition) is 5. The lowest BCUT2D eigenvalue weighted by atomic mass is 9.98. The zero-order chi connectivity index (χ0) is 23.9. The third-order valence-electron chi connectivity index (χ3n) is 6.12. The molecule has 1 amide bonds. The number of methoxy groups -OCH3 is 1. The molecular formula is C27H29N2O5+. The fourth-order valence-corrected chi connectivity index (χ4v) is 4.46. The first-order chi connectivity index (χ1) is 16.6. The topological polar surface area (TPSA) is 88.7 Å². The molecule has 2 aromatic carbocycles. The number of fused-ring (bicyclic) bond motifs is 3. The highest BCUT2D eigenvalue weighted by Crippen LogP contribution is 2.44. The fourth-order valence-electron chi connectivity index (χ4n) is 4.46. The van der Waals surface area contributed by atoms with E-state index in [-0.39, 0.29) is 18.3 Å². The number of aromatic nitrogens is 1. The number of carbonyl (C=O) groups is 2. The van der Waals surface area contributed by atoms with Gasteiger partial charge in [-0.15, -0.1) is 0 Å². The second-order valence-electron chi connectivity index (χ2n) is 8.34. The summed E-state index contributed by atoms with van der Waals surface area (Å²) in [5.41, 5.74) is 4.57. The number of carbonyl (C=O) groups excluding carboxylic acids is 2. The molecule has 1 aliphatic rings. The molecule has 7 nitrogen and oxygen atoms in total. The molecule has 1 aromatic heterocycles. The molecule has 0 spiro atoms. The lowest BCUT2D eigenvalue weighted by Crippen LogP contribution is -2.42. The van der Waals surface area contributed by atoms with Gasteiger partial charge in [-0.1, -0.05) is 48.5 Å². The number of amides is 1. The molecule has 176 valence electrons. The number of nitrogens with zero attached hydrogens (tertiary/aromatic N) is 1. The summed E-state index contributed by atoms with van der Waals surface area (Å²) in [6, 6.07) is 18.9. The number of pyridine rings is 1. The van der Waals surface area contributed by atoms with Gasteiger partial charge < -0.3 is 19.9 Å². The zero-order valence-electron chi connectivity index (χ0n) is 19.1. The largest absolute Gasteiger partial charge is 0.503 e. The van der Waals surface area contributed by atoms with Crippen LogP contribution in [-0.4, -0.2) is 36.9 Å². The number of aryl methyl sites for hydroxylation is 1. The Morgan fingerprint density at radius 3 is 2.32 bits per heavy atom. The van der Waals surface area contributed by atoms with Crippen molar-refractivity contribution >= 4 is 12.1 Å². The van der Waals surface area contributed by atoms with Crippen LogP contribution in [0.5, 0.6) is 5.75 Å². The van der Waals surface area contributed by atoms with Crippen molar-refractivity contribution in [1.82, 2.24) is 5.32 Å². The molecule has 7 heteroatoms. The summed E-state index contributed by atoms with van der Waals surface area (Å²) in [5.74, 6) is -0.348. The van der Waals surface area contributed by atoms with Gasteiger partial charge in [0.1, 0.15) is 19.2 Å². The maximum atomic E-state index is 12.6. The summed E-state index contributed by atoms with van der Waals surface area (Å²) in [6.45, 7) is 0.870. The molecule has 0 fully saturated rings. The van der Waals surface area contributed by atoms with Gasteiger partial charge in [0.25, 0.3) is 0 Å². The quantitative estimate of drug-likeness (QED) is 0.286. The average Bonchev–Trinajstić information content (AvgIpc) is 3.18. The molecule has 34 heavy (non-hydrogen) atoms. The first kappa shape index (κ1) is 23.3. The Labute approximate surface area is 199 Å². The molecule has 1 atom stereocenters. The Balaban J connectivity index is 1.31. The summed E-state index contributed by atoms with van der Waals surface area (Å²) >= 11 is 0. The summed E-state index contributed by atoms with van der Waals surface area (Å²) in [6.07, 6.45) is 4.76. The van der Waals surface area contributed by atoms with E-state index in [1.165, 1.54) is 7.11 Å². The van der Waals surface area contributed by atoms with E-state index in [0.29, 0.717) is 19.4 Å². The summed E-state index contributed by atoms with van der Waals surface area (Å²) < 4.78 is 12.3. The molecule has 0 aliphatic heterocycles. The van der Waals surface area contributed by atoms with Gasteiger partial charge in [-0.05, 0) is 41.2 Å². The highest BCUT2D eigenvalue weighted by molar-refractivity contribution is 5.82. The number of esters is 1. The lowest BCUT2D eigenvalue weighted by molar-refractivity contribution is -0.697. The second kappa shape index (κ2) is 10.8. The van der Waals surface area contributed by atoms with Gasteiger partial charge in [0.05, 0.1) is 7.11 Å². The van der Waals surface area contributed by atoms with Crippen LogP contribution in [-0.2, 0) is 20.8 Å². The van der Waals surface area contributed by atoms with Crippen LogP contribution in [0.3, 0.4) is 0 Å². The number of nitrogens with one attached hydrogen (secondary N) is 1. The molecule has 1 aliphatic carbocycles. The standard InChI is InChI=1S/C27H28N2O5/c1-33-26(31)25(14-6-7-15-29-16-8-9-19(30)17-29)28-27(32)34-18-24-22-12-4-2-10-20(22)21-11-3-5-13-23(21)24/h2-5,8-13,16-17,24-25H,6-7,14-15,18H2,1H3,(H-,28,30,32)/p+1/t25-/m0/s1. The van der Waals surface area contributed by atoms with Gasteiger partial charge >= 0.3 is 12.1 Å². The molecule has 1 heterocycles. The molecule has 0 unspecified atom stereocenters. The molecule has 4 rings (SSSR count). The van der Waals surface area contributed by atoms with Crippen molar-refractivity contribution in [3.05, 3.63) is 84.2 Å². The van der Waals surface area contributed by atoms with Gasteiger partial charge in [-0.25, -0.2) is 14.2 Å². The number of alkyl carbamates (subject to hydrolysis) is 1. The monoisotopic (exact) mass is 461 g/mol. The van der Waals surface area contributed by atoms with E-state index in [1.807, 2.05) is 35.0 Å². The lowest BCUT2D eigenvalue weighted by Gasteiger charge is -2.18. The smallest absolute Gasteiger partial charge is 0.407 e. The van der Waals surface area contributed by atoms with E-state index in [2.05, 4.69) is 29.6 Å². The van der Waals surface area contributed by atoms with Crippen LogP contribution in [0.4, 0.5) is 4.79 Å². The first-order valence-electron chi connectivity index (χ1n) is 11.4. The predicted molar refractivity (Wildman–Crippen MR) is 126 cm³/mol. The Bertz CT molecular complexity index is 1120. The van der Waals surface area contributed by atoms with Crippen LogP contribution >= 0.6 is 0 Å². The van der Waals surface area contributed by atoms with Crippen molar-refractivity contribution in [2.24, 2.45) is 0 Å². The van der Waals surface area contributed by atoms with Crippen molar-refractivity contribution in [3.8, 4) is 16.9 Å². The molecule has 0 saturated carbocycles. The van der Waals surface area contributed by atoms with Gasteiger partial charge in [0.15, 0.2) is 11.9 Å². The molecule has 0 bridgehead atoms. The Morgan fingerprint density at radius 1 is 1.00 bits per heavy atom. The maximum absolute atomic E-state index is 12.6. The van der Waals surface area contributed by atoms with E-state index >= 15 is 0 Å². The van der Waals surface area contributed by atoms with Crippen molar-refractivity contribution in [2.75, 3.05) is 13.7 Å². The van der Waals surface area contributed by atoms with Crippen molar-refractivity contribution in [2.45, 2.75) is 37.8 Å². The molecule has 2 N–H and O–H groups in total. The maximum Gasteiger partial charge on any atom is 0.407 e. The van der Waals surface area contributed by atoms with E-state index in [4.69, 9.17) is 9.47 Å². The van der Waals surface area contributed by atoms with Crippen molar-refractivity contribution < 1.29 is 28.7 Å². The van der Waals surface area contributed by atoms with Crippen molar-refractivity contribution in [1.29, 1.82) is 0 Å². The number of hydrogen-bond donors (Lipinski definition) is 2. The Morgan fingerprint density at radius 2 is 1.68 bits per heavy atom. The van der Waals surface area contributed by atoms with Gasteiger partial charge in [-0.3, -0.25) is 0 Å². The van der Waals surface area contributed by atoms with Crippen LogP contribution in [0.15, 0.2) is 73.1 Å². The summed E-state index contributed by atoms with van der Waals surface area (Å²) in [4.78, 5) is 24.8. The summed E-state index contributed by atoms with van der Waals surface area (Å²) in [5, 5.41) is 12.2. The zero-order valence-corrected chi connectivity index (χ0v) is 19.1. The van der Waals surface area contributed by atoms with Gasteiger partial charge in [-0.2, -0.15) is 0 Å².